The lowest BCUT2D eigenvalue weighted by Gasteiger charge is -2.26. The molecule has 0 aliphatic carbocycles. The number of rotatable bonds is 5. The zero-order chi connectivity index (χ0) is 11.2. The first-order chi connectivity index (χ1) is 6.37. The van der Waals surface area contributed by atoms with E-state index in [9.17, 15) is 0 Å². The SMILES string of the molecule is CCNC(N)=NCC(C)(C)CN(C)C. The molecule has 0 unspecified atom stereocenters. The van der Waals surface area contributed by atoms with E-state index in [0.29, 0.717) is 5.96 Å². The average Bonchev–Trinajstić information content (AvgIpc) is 1.99. The van der Waals surface area contributed by atoms with Gasteiger partial charge in [-0.05, 0) is 26.4 Å². The fourth-order valence-electron chi connectivity index (χ4n) is 1.44. The van der Waals surface area contributed by atoms with Crippen LogP contribution in [0.2, 0.25) is 0 Å². The van der Waals surface area contributed by atoms with Crippen molar-refractivity contribution in [3.05, 3.63) is 0 Å². The van der Waals surface area contributed by atoms with Crippen LogP contribution in [0.5, 0.6) is 0 Å². The van der Waals surface area contributed by atoms with Gasteiger partial charge in [-0.1, -0.05) is 13.8 Å². The molecular formula is C10H24N4. The fourth-order valence-corrected chi connectivity index (χ4v) is 1.44. The van der Waals surface area contributed by atoms with Crippen molar-refractivity contribution < 1.29 is 0 Å². The summed E-state index contributed by atoms with van der Waals surface area (Å²) < 4.78 is 0. The summed E-state index contributed by atoms with van der Waals surface area (Å²) in [6, 6.07) is 0. The molecule has 0 radical (unpaired) electrons. The first kappa shape index (κ1) is 13.2. The summed E-state index contributed by atoms with van der Waals surface area (Å²) in [5.74, 6) is 0.541. The molecule has 0 heterocycles. The highest BCUT2D eigenvalue weighted by atomic mass is 15.1. The second-order valence-corrected chi connectivity index (χ2v) is 4.63. The minimum absolute atomic E-state index is 0.170. The van der Waals surface area contributed by atoms with Gasteiger partial charge in [-0.2, -0.15) is 0 Å². The monoisotopic (exact) mass is 200 g/mol. The predicted molar refractivity (Wildman–Crippen MR) is 62.5 cm³/mol. The van der Waals surface area contributed by atoms with E-state index in [4.69, 9.17) is 5.73 Å². The molecule has 84 valence electrons. The third-order valence-electron chi connectivity index (χ3n) is 1.78. The van der Waals surface area contributed by atoms with Crippen molar-refractivity contribution in [2.45, 2.75) is 20.8 Å². The van der Waals surface area contributed by atoms with Gasteiger partial charge >= 0.3 is 0 Å². The Morgan fingerprint density at radius 3 is 2.43 bits per heavy atom. The maximum Gasteiger partial charge on any atom is 0.188 e. The molecule has 0 fully saturated rings. The van der Waals surface area contributed by atoms with Crippen molar-refractivity contribution in [2.24, 2.45) is 16.1 Å². The summed E-state index contributed by atoms with van der Waals surface area (Å²) in [6.07, 6.45) is 0. The molecule has 0 bridgehead atoms. The third-order valence-corrected chi connectivity index (χ3v) is 1.78. The first-order valence-corrected chi connectivity index (χ1v) is 5.06. The first-order valence-electron chi connectivity index (χ1n) is 5.06. The van der Waals surface area contributed by atoms with E-state index in [2.05, 4.69) is 43.2 Å². The normalized spacial score (nSPS) is 13.4. The predicted octanol–water partition coefficient (Wildman–Crippen LogP) is 0.498. The molecule has 14 heavy (non-hydrogen) atoms. The number of nitrogens with two attached hydrogens (primary N) is 1. The highest BCUT2D eigenvalue weighted by molar-refractivity contribution is 5.77. The maximum atomic E-state index is 5.65. The van der Waals surface area contributed by atoms with E-state index in [1.165, 1.54) is 0 Å². The molecule has 4 nitrogen and oxygen atoms in total. The van der Waals surface area contributed by atoms with Crippen molar-refractivity contribution in [3.8, 4) is 0 Å². The van der Waals surface area contributed by atoms with Crippen LogP contribution in [-0.4, -0.2) is 44.6 Å². The quantitative estimate of drug-likeness (QED) is 0.502. The average molecular weight is 200 g/mol. The topological polar surface area (TPSA) is 53.6 Å². The van der Waals surface area contributed by atoms with Gasteiger partial charge in [0.15, 0.2) is 5.96 Å². The zero-order valence-electron chi connectivity index (χ0n) is 10.1. The van der Waals surface area contributed by atoms with Gasteiger partial charge in [0.05, 0.1) is 0 Å². The van der Waals surface area contributed by atoms with Crippen LogP contribution in [0.15, 0.2) is 4.99 Å². The lowest BCUT2D eigenvalue weighted by Crippen LogP contribution is -2.35. The van der Waals surface area contributed by atoms with E-state index < -0.39 is 0 Å². The summed E-state index contributed by atoms with van der Waals surface area (Å²) in [5.41, 5.74) is 5.82. The Labute approximate surface area is 87.6 Å². The van der Waals surface area contributed by atoms with Gasteiger partial charge < -0.3 is 16.0 Å². The smallest absolute Gasteiger partial charge is 0.188 e. The third kappa shape index (κ3) is 6.71. The minimum Gasteiger partial charge on any atom is -0.370 e. The van der Waals surface area contributed by atoms with Gasteiger partial charge in [0, 0.05) is 19.6 Å². The van der Waals surface area contributed by atoms with Crippen molar-refractivity contribution in [1.82, 2.24) is 10.2 Å². The molecule has 0 rings (SSSR count). The van der Waals surface area contributed by atoms with Crippen molar-refractivity contribution >= 4 is 5.96 Å². The Morgan fingerprint density at radius 1 is 1.43 bits per heavy atom. The molecule has 0 saturated heterocycles. The van der Waals surface area contributed by atoms with Crippen LogP contribution in [-0.2, 0) is 0 Å². The van der Waals surface area contributed by atoms with Crippen molar-refractivity contribution in [1.29, 1.82) is 0 Å². The van der Waals surface area contributed by atoms with Crippen LogP contribution in [0, 0.1) is 5.41 Å². The van der Waals surface area contributed by atoms with Gasteiger partial charge in [-0.3, -0.25) is 4.99 Å². The standard InChI is InChI=1S/C10H24N4/c1-6-12-9(11)13-7-10(2,3)8-14(4)5/h6-8H2,1-5H3,(H3,11,12,13). The molecular weight excluding hydrogens is 176 g/mol. The second kappa shape index (κ2) is 5.86. The highest BCUT2D eigenvalue weighted by Gasteiger charge is 2.18. The molecule has 0 spiro atoms. The maximum absolute atomic E-state index is 5.65. The number of nitrogens with zero attached hydrogens (tertiary/aromatic N) is 2. The Kier molecular flexibility index (Phi) is 5.53. The summed E-state index contributed by atoms with van der Waals surface area (Å²) in [5, 5.41) is 2.99. The van der Waals surface area contributed by atoms with E-state index in [1.807, 2.05) is 6.92 Å². The number of aliphatic imine (C=N–C) groups is 1. The molecule has 3 N–H and O–H groups in total. The van der Waals surface area contributed by atoms with Gasteiger partial charge in [0.2, 0.25) is 0 Å². The largest absolute Gasteiger partial charge is 0.370 e. The molecule has 4 heteroatoms. The highest BCUT2D eigenvalue weighted by Crippen LogP contribution is 2.15. The summed E-state index contributed by atoms with van der Waals surface area (Å²) >= 11 is 0. The van der Waals surface area contributed by atoms with Crippen LogP contribution in [0.3, 0.4) is 0 Å². The van der Waals surface area contributed by atoms with E-state index in [-0.39, 0.29) is 5.41 Å². The lowest BCUT2D eigenvalue weighted by molar-refractivity contribution is 0.249. The summed E-state index contributed by atoms with van der Waals surface area (Å²) in [6.45, 7) is 8.97. The Morgan fingerprint density at radius 2 is 2.00 bits per heavy atom. The molecule has 0 aromatic carbocycles. The van der Waals surface area contributed by atoms with Crippen LogP contribution in [0.1, 0.15) is 20.8 Å². The summed E-state index contributed by atoms with van der Waals surface area (Å²) in [4.78, 5) is 6.46. The number of nitrogens with one attached hydrogen (secondary N) is 1. The lowest BCUT2D eigenvalue weighted by atomic mass is 9.93. The number of guanidine groups is 1. The van der Waals surface area contributed by atoms with Crippen molar-refractivity contribution in [3.63, 3.8) is 0 Å². The van der Waals surface area contributed by atoms with E-state index in [1.54, 1.807) is 0 Å². The van der Waals surface area contributed by atoms with Crippen molar-refractivity contribution in [2.75, 3.05) is 33.7 Å². The fraction of sp³-hybridized carbons (Fsp3) is 0.900. The second-order valence-electron chi connectivity index (χ2n) is 4.63. The van der Waals surface area contributed by atoms with E-state index in [0.717, 1.165) is 19.6 Å². The molecule has 0 atom stereocenters. The zero-order valence-corrected chi connectivity index (χ0v) is 10.1. The molecule has 0 aromatic heterocycles. The minimum atomic E-state index is 0.170. The van der Waals surface area contributed by atoms with Crippen LogP contribution in [0.4, 0.5) is 0 Å². The van der Waals surface area contributed by atoms with Gasteiger partial charge in [-0.25, -0.2) is 0 Å². The molecule has 0 amide bonds. The Bertz CT molecular complexity index is 185. The van der Waals surface area contributed by atoms with Crippen LogP contribution >= 0.6 is 0 Å². The van der Waals surface area contributed by atoms with E-state index >= 15 is 0 Å². The van der Waals surface area contributed by atoms with Crippen LogP contribution < -0.4 is 11.1 Å². The molecule has 0 saturated carbocycles. The molecule has 0 aliphatic heterocycles. The molecule has 0 aliphatic rings. The van der Waals surface area contributed by atoms with Gasteiger partial charge in [0.25, 0.3) is 0 Å². The van der Waals surface area contributed by atoms with Crippen LogP contribution in [0.25, 0.3) is 0 Å². The number of hydrogen-bond donors (Lipinski definition) is 2. The Hall–Kier alpha value is -0.770. The Balaban J connectivity index is 4.02. The summed E-state index contributed by atoms with van der Waals surface area (Å²) in [7, 11) is 4.14. The van der Waals surface area contributed by atoms with Gasteiger partial charge in [0.1, 0.15) is 0 Å². The number of hydrogen-bond acceptors (Lipinski definition) is 2. The molecule has 0 aromatic rings. The van der Waals surface area contributed by atoms with Gasteiger partial charge in [-0.15, -0.1) is 0 Å².